The maximum absolute atomic E-state index is 12.8. The number of aromatic nitrogens is 2. The standard InChI is InChI=1S/C21H28N4O/c1-4-16-9-7-8-12-25(16)21(26)19-13-23-20(14-22-19)24-18-11-6-5-10-17(18)15(2)3/h5-6,10-11,13-16H,4,7-9,12H2,1-3H3,(H,23,24). The molecular formula is C21H28N4O. The van der Waals surface area contributed by atoms with Crippen LogP contribution in [0.1, 0.15) is 68.4 Å². The van der Waals surface area contributed by atoms with Gasteiger partial charge in [-0.3, -0.25) is 4.79 Å². The number of carbonyl (C=O) groups excluding carboxylic acids is 1. The molecule has 3 rings (SSSR count). The minimum atomic E-state index is -0.00168. The number of para-hydroxylation sites is 1. The SMILES string of the molecule is CCC1CCCCN1C(=O)c1cnc(Nc2ccccc2C(C)C)cn1. The van der Waals surface area contributed by atoms with Gasteiger partial charge in [0.1, 0.15) is 11.5 Å². The molecule has 0 spiro atoms. The Kier molecular flexibility index (Phi) is 5.86. The van der Waals surface area contributed by atoms with Crippen LogP contribution in [0.25, 0.3) is 0 Å². The highest BCUT2D eigenvalue weighted by molar-refractivity contribution is 5.92. The molecule has 5 nitrogen and oxygen atoms in total. The molecule has 0 radical (unpaired) electrons. The van der Waals surface area contributed by atoms with Gasteiger partial charge in [-0.1, -0.05) is 39.0 Å². The molecule has 1 unspecified atom stereocenters. The first-order valence-corrected chi connectivity index (χ1v) is 9.59. The summed E-state index contributed by atoms with van der Waals surface area (Å²) < 4.78 is 0. The summed E-state index contributed by atoms with van der Waals surface area (Å²) in [6, 6.07) is 8.51. The molecule has 1 aromatic heterocycles. The van der Waals surface area contributed by atoms with Crippen LogP contribution in [-0.2, 0) is 0 Å². The number of anilines is 2. The smallest absolute Gasteiger partial charge is 0.274 e. The van der Waals surface area contributed by atoms with E-state index in [0.29, 0.717) is 23.5 Å². The van der Waals surface area contributed by atoms with Gasteiger partial charge >= 0.3 is 0 Å². The predicted molar refractivity (Wildman–Crippen MR) is 105 cm³/mol. The average molecular weight is 352 g/mol. The van der Waals surface area contributed by atoms with Crippen molar-refractivity contribution in [2.45, 2.75) is 58.4 Å². The molecule has 1 aromatic carbocycles. The highest BCUT2D eigenvalue weighted by Crippen LogP contribution is 2.26. The molecule has 5 heteroatoms. The molecule has 1 atom stereocenters. The van der Waals surface area contributed by atoms with Crippen molar-refractivity contribution in [2.24, 2.45) is 0 Å². The molecule has 1 saturated heterocycles. The lowest BCUT2D eigenvalue weighted by atomic mass is 9.99. The number of benzene rings is 1. The number of piperidine rings is 1. The molecule has 1 amide bonds. The molecule has 1 aliphatic rings. The third kappa shape index (κ3) is 4.03. The Morgan fingerprint density at radius 2 is 2.04 bits per heavy atom. The lowest BCUT2D eigenvalue weighted by molar-refractivity contribution is 0.0601. The minimum Gasteiger partial charge on any atom is -0.339 e. The molecule has 2 heterocycles. The van der Waals surface area contributed by atoms with Crippen LogP contribution >= 0.6 is 0 Å². The number of hydrogen-bond donors (Lipinski definition) is 1. The molecule has 0 saturated carbocycles. The van der Waals surface area contributed by atoms with Gasteiger partial charge in [0.05, 0.1) is 12.4 Å². The fourth-order valence-corrected chi connectivity index (χ4v) is 3.59. The third-order valence-electron chi connectivity index (χ3n) is 5.08. The van der Waals surface area contributed by atoms with Crippen molar-refractivity contribution in [3.8, 4) is 0 Å². The second kappa shape index (κ2) is 8.30. The van der Waals surface area contributed by atoms with Crippen molar-refractivity contribution in [3.63, 3.8) is 0 Å². The van der Waals surface area contributed by atoms with Crippen molar-refractivity contribution in [1.29, 1.82) is 0 Å². The summed E-state index contributed by atoms with van der Waals surface area (Å²) in [4.78, 5) is 23.5. The van der Waals surface area contributed by atoms with Gasteiger partial charge in [0.15, 0.2) is 0 Å². The number of hydrogen-bond acceptors (Lipinski definition) is 4. The fourth-order valence-electron chi connectivity index (χ4n) is 3.59. The van der Waals surface area contributed by atoms with E-state index >= 15 is 0 Å². The first-order valence-electron chi connectivity index (χ1n) is 9.59. The van der Waals surface area contributed by atoms with Gasteiger partial charge in [-0.15, -0.1) is 0 Å². The molecule has 1 aliphatic heterocycles. The fraction of sp³-hybridized carbons (Fsp3) is 0.476. The van der Waals surface area contributed by atoms with Gasteiger partial charge in [-0.05, 0) is 43.2 Å². The first-order chi connectivity index (χ1) is 12.6. The van der Waals surface area contributed by atoms with Gasteiger partial charge in [-0.2, -0.15) is 0 Å². The summed E-state index contributed by atoms with van der Waals surface area (Å²) in [6.45, 7) is 7.29. The zero-order valence-electron chi connectivity index (χ0n) is 15.9. The molecule has 2 aromatic rings. The summed E-state index contributed by atoms with van der Waals surface area (Å²) in [5.74, 6) is 1.07. The molecule has 138 valence electrons. The molecule has 0 bridgehead atoms. The van der Waals surface area contributed by atoms with Crippen molar-refractivity contribution in [1.82, 2.24) is 14.9 Å². The van der Waals surface area contributed by atoms with Gasteiger partial charge in [0.25, 0.3) is 5.91 Å². The summed E-state index contributed by atoms with van der Waals surface area (Å²) in [5, 5.41) is 3.32. The Balaban J connectivity index is 1.73. The van der Waals surface area contributed by atoms with Gasteiger partial charge in [0, 0.05) is 18.3 Å². The van der Waals surface area contributed by atoms with Crippen LogP contribution in [0.5, 0.6) is 0 Å². The second-order valence-corrected chi connectivity index (χ2v) is 7.21. The highest BCUT2D eigenvalue weighted by atomic mass is 16.2. The topological polar surface area (TPSA) is 58.1 Å². The van der Waals surface area contributed by atoms with E-state index in [1.807, 2.05) is 23.1 Å². The van der Waals surface area contributed by atoms with E-state index in [2.05, 4.69) is 42.1 Å². The van der Waals surface area contributed by atoms with Crippen LogP contribution in [0.3, 0.4) is 0 Å². The zero-order valence-corrected chi connectivity index (χ0v) is 15.9. The quantitative estimate of drug-likeness (QED) is 0.844. The van der Waals surface area contributed by atoms with E-state index in [1.165, 1.54) is 12.0 Å². The van der Waals surface area contributed by atoms with Gasteiger partial charge in [0.2, 0.25) is 0 Å². The summed E-state index contributed by atoms with van der Waals surface area (Å²) in [7, 11) is 0. The predicted octanol–water partition coefficient (Wildman–Crippen LogP) is 4.75. The molecule has 1 fully saturated rings. The number of likely N-dealkylation sites (tertiary alicyclic amines) is 1. The van der Waals surface area contributed by atoms with E-state index in [-0.39, 0.29) is 5.91 Å². The normalized spacial score (nSPS) is 17.4. The summed E-state index contributed by atoms with van der Waals surface area (Å²) in [5.41, 5.74) is 2.68. The van der Waals surface area contributed by atoms with Crippen molar-refractivity contribution in [2.75, 3.05) is 11.9 Å². The number of nitrogens with one attached hydrogen (secondary N) is 1. The van der Waals surface area contributed by atoms with E-state index < -0.39 is 0 Å². The first kappa shape index (κ1) is 18.4. The number of rotatable bonds is 5. The van der Waals surface area contributed by atoms with Crippen LogP contribution in [0.4, 0.5) is 11.5 Å². The van der Waals surface area contributed by atoms with Crippen LogP contribution < -0.4 is 5.32 Å². The summed E-state index contributed by atoms with van der Waals surface area (Å²) >= 11 is 0. The van der Waals surface area contributed by atoms with Crippen LogP contribution in [0.2, 0.25) is 0 Å². The van der Waals surface area contributed by atoms with Gasteiger partial charge < -0.3 is 10.2 Å². The Hall–Kier alpha value is -2.43. The third-order valence-corrected chi connectivity index (χ3v) is 5.08. The Morgan fingerprint density at radius 3 is 2.73 bits per heavy atom. The Morgan fingerprint density at radius 1 is 1.23 bits per heavy atom. The largest absolute Gasteiger partial charge is 0.339 e. The van der Waals surface area contributed by atoms with E-state index in [4.69, 9.17) is 0 Å². The molecular weight excluding hydrogens is 324 g/mol. The number of carbonyl (C=O) groups is 1. The van der Waals surface area contributed by atoms with E-state index in [1.54, 1.807) is 12.4 Å². The van der Waals surface area contributed by atoms with Crippen molar-refractivity contribution >= 4 is 17.4 Å². The van der Waals surface area contributed by atoms with Crippen molar-refractivity contribution < 1.29 is 4.79 Å². The van der Waals surface area contributed by atoms with E-state index in [9.17, 15) is 4.79 Å². The number of amides is 1. The zero-order chi connectivity index (χ0) is 18.5. The molecule has 0 aliphatic carbocycles. The monoisotopic (exact) mass is 352 g/mol. The Labute approximate surface area is 155 Å². The highest BCUT2D eigenvalue weighted by Gasteiger charge is 2.27. The van der Waals surface area contributed by atoms with Gasteiger partial charge in [-0.25, -0.2) is 9.97 Å². The van der Waals surface area contributed by atoms with Crippen molar-refractivity contribution in [3.05, 3.63) is 47.9 Å². The average Bonchev–Trinajstić information content (AvgIpc) is 2.68. The maximum atomic E-state index is 12.8. The van der Waals surface area contributed by atoms with Crippen LogP contribution in [0, 0.1) is 0 Å². The Bertz CT molecular complexity index is 742. The van der Waals surface area contributed by atoms with Crippen LogP contribution in [0.15, 0.2) is 36.7 Å². The van der Waals surface area contributed by atoms with E-state index in [0.717, 1.165) is 31.5 Å². The lowest BCUT2D eigenvalue weighted by Crippen LogP contribution is -2.43. The minimum absolute atomic E-state index is 0.00168. The summed E-state index contributed by atoms with van der Waals surface area (Å²) in [6.07, 6.45) is 7.58. The second-order valence-electron chi connectivity index (χ2n) is 7.21. The molecule has 1 N–H and O–H groups in total. The van der Waals surface area contributed by atoms with Crippen LogP contribution in [-0.4, -0.2) is 33.4 Å². The lowest BCUT2D eigenvalue weighted by Gasteiger charge is -2.34. The maximum Gasteiger partial charge on any atom is 0.274 e. The molecule has 26 heavy (non-hydrogen) atoms. The number of nitrogens with zero attached hydrogens (tertiary/aromatic N) is 3.